The standard InChI is InChI=1S/C23H32N4O4/c1-4-6-18-19(7-5-2)31-21-12-16(8-9-20(21)30-18)10-11-25-23(29)22(27-15(3)28)17-13-24-14-26-17/h8-9,12-14,18-19,22H,4-7,10-11H2,1-3H3,(H,24,26)(H,25,29)(H,27,28). The van der Waals surface area contributed by atoms with Gasteiger partial charge in [0, 0.05) is 13.5 Å². The molecule has 0 radical (unpaired) electrons. The molecule has 0 saturated heterocycles. The second kappa shape index (κ2) is 10.8. The van der Waals surface area contributed by atoms with Crippen molar-refractivity contribution < 1.29 is 19.1 Å². The Hall–Kier alpha value is -3.03. The molecule has 3 atom stereocenters. The van der Waals surface area contributed by atoms with Gasteiger partial charge < -0.3 is 25.1 Å². The lowest BCUT2D eigenvalue weighted by molar-refractivity contribution is -0.128. The zero-order valence-corrected chi connectivity index (χ0v) is 18.4. The molecule has 168 valence electrons. The van der Waals surface area contributed by atoms with Crippen molar-refractivity contribution in [3.63, 3.8) is 0 Å². The Bertz CT molecular complexity index is 868. The molecular weight excluding hydrogens is 396 g/mol. The number of benzene rings is 1. The van der Waals surface area contributed by atoms with Crippen molar-refractivity contribution in [3.05, 3.63) is 42.0 Å². The fourth-order valence-electron chi connectivity index (χ4n) is 3.78. The maximum absolute atomic E-state index is 12.6. The van der Waals surface area contributed by atoms with E-state index in [9.17, 15) is 9.59 Å². The molecular formula is C23H32N4O4. The molecule has 31 heavy (non-hydrogen) atoms. The van der Waals surface area contributed by atoms with Crippen molar-refractivity contribution in [2.75, 3.05) is 6.54 Å². The molecule has 0 aliphatic carbocycles. The second-order valence-corrected chi connectivity index (χ2v) is 7.85. The third-order valence-corrected chi connectivity index (χ3v) is 5.28. The van der Waals surface area contributed by atoms with Gasteiger partial charge in [-0.25, -0.2) is 4.98 Å². The van der Waals surface area contributed by atoms with Crippen LogP contribution < -0.4 is 20.1 Å². The van der Waals surface area contributed by atoms with Crippen LogP contribution in [0, 0.1) is 0 Å². The summed E-state index contributed by atoms with van der Waals surface area (Å²) in [6.45, 7) is 6.11. The molecule has 8 heteroatoms. The van der Waals surface area contributed by atoms with Crippen LogP contribution in [-0.4, -0.2) is 40.5 Å². The minimum Gasteiger partial charge on any atom is -0.483 e. The topological polar surface area (TPSA) is 105 Å². The van der Waals surface area contributed by atoms with Crippen LogP contribution in [-0.2, 0) is 16.0 Å². The number of amides is 2. The van der Waals surface area contributed by atoms with Crippen molar-refractivity contribution in [1.82, 2.24) is 20.6 Å². The van der Waals surface area contributed by atoms with Gasteiger partial charge in [0.25, 0.3) is 0 Å². The predicted molar refractivity (Wildman–Crippen MR) is 117 cm³/mol. The van der Waals surface area contributed by atoms with Gasteiger partial charge in [-0.05, 0) is 37.0 Å². The molecule has 1 aromatic carbocycles. The second-order valence-electron chi connectivity index (χ2n) is 7.85. The smallest absolute Gasteiger partial charge is 0.248 e. The van der Waals surface area contributed by atoms with E-state index in [0.717, 1.165) is 42.7 Å². The van der Waals surface area contributed by atoms with Crippen molar-refractivity contribution >= 4 is 11.8 Å². The van der Waals surface area contributed by atoms with Gasteiger partial charge in [-0.3, -0.25) is 9.59 Å². The Balaban J connectivity index is 1.59. The van der Waals surface area contributed by atoms with Gasteiger partial charge in [0.2, 0.25) is 11.8 Å². The number of nitrogens with zero attached hydrogens (tertiary/aromatic N) is 1. The molecule has 0 saturated carbocycles. The van der Waals surface area contributed by atoms with Crippen LogP contribution in [0.1, 0.15) is 63.8 Å². The molecule has 1 aliphatic heterocycles. The van der Waals surface area contributed by atoms with E-state index in [1.165, 1.54) is 19.4 Å². The molecule has 8 nitrogen and oxygen atoms in total. The molecule has 0 spiro atoms. The van der Waals surface area contributed by atoms with E-state index in [1.807, 2.05) is 18.2 Å². The van der Waals surface area contributed by atoms with Crippen LogP contribution in [0.5, 0.6) is 11.5 Å². The molecule has 3 N–H and O–H groups in total. The average Bonchev–Trinajstić information content (AvgIpc) is 3.27. The van der Waals surface area contributed by atoms with E-state index in [0.29, 0.717) is 18.7 Å². The fraction of sp³-hybridized carbons (Fsp3) is 0.522. The van der Waals surface area contributed by atoms with Crippen molar-refractivity contribution in [3.8, 4) is 11.5 Å². The lowest BCUT2D eigenvalue weighted by Crippen LogP contribution is -2.40. The highest BCUT2D eigenvalue weighted by Crippen LogP contribution is 2.37. The Morgan fingerprint density at radius 2 is 1.84 bits per heavy atom. The Morgan fingerprint density at radius 3 is 2.45 bits per heavy atom. The largest absolute Gasteiger partial charge is 0.483 e. The number of aromatic nitrogens is 2. The summed E-state index contributed by atoms with van der Waals surface area (Å²) in [5, 5.41) is 5.53. The van der Waals surface area contributed by atoms with Crippen LogP contribution in [0.4, 0.5) is 0 Å². The molecule has 0 bridgehead atoms. The summed E-state index contributed by atoms with van der Waals surface area (Å²) in [5.74, 6) is 0.971. The summed E-state index contributed by atoms with van der Waals surface area (Å²) >= 11 is 0. The third kappa shape index (κ3) is 5.99. The third-order valence-electron chi connectivity index (χ3n) is 5.28. The summed E-state index contributed by atoms with van der Waals surface area (Å²) in [6, 6.07) is 5.14. The molecule has 3 rings (SSSR count). The van der Waals surface area contributed by atoms with Gasteiger partial charge in [0.15, 0.2) is 11.5 Å². The lowest BCUT2D eigenvalue weighted by atomic mass is 10.0. The minimum absolute atomic E-state index is 0.0696. The number of rotatable bonds is 10. The molecule has 1 aromatic heterocycles. The first-order valence-corrected chi connectivity index (χ1v) is 11.0. The lowest BCUT2D eigenvalue weighted by Gasteiger charge is -2.34. The van der Waals surface area contributed by atoms with E-state index in [2.05, 4.69) is 34.4 Å². The first-order valence-electron chi connectivity index (χ1n) is 11.0. The highest BCUT2D eigenvalue weighted by atomic mass is 16.6. The number of hydrogen-bond acceptors (Lipinski definition) is 5. The number of nitrogens with one attached hydrogen (secondary N) is 3. The zero-order chi connectivity index (χ0) is 22.2. The fourth-order valence-corrected chi connectivity index (χ4v) is 3.78. The van der Waals surface area contributed by atoms with Gasteiger partial charge >= 0.3 is 0 Å². The van der Waals surface area contributed by atoms with Gasteiger partial charge in [0.05, 0.1) is 18.2 Å². The molecule has 2 amide bonds. The molecule has 0 fully saturated rings. The highest BCUT2D eigenvalue weighted by Gasteiger charge is 2.30. The summed E-state index contributed by atoms with van der Waals surface area (Å²) in [4.78, 5) is 30.9. The van der Waals surface area contributed by atoms with Crippen LogP contribution in [0.2, 0.25) is 0 Å². The number of H-pyrrole nitrogens is 1. The van der Waals surface area contributed by atoms with Crippen molar-refractivity contribution in [2.24, 2.45) is 0 Å². The Labute approximate surface area is 183 Å². The number of carbonyl (C=O) groups excluding carboxylic acids is 2. The average molecular weight is 429 g/mol. The van der Waals surface area contributed by atoms with Gasteiger partial charge in [-0.15, -0.1) is 0 Å². The summed E-state index contributed by atoms with van der Waals surface area (Å²) in [5.41, 5.74) is 1.58. The SMILES string of the molecule is CCCC1Oc2ccc(CCNC(=O)C(NC(C)=O)c3cnc[nH]3)cc2OC1CCC. The minimum atomic E-state index is -0.800. The number of imidazole rings is 1. The summed E-state index contributed by atoms with van der Waals surface area (Å²) < 4.78 is 12.5. The highest BCUT2D eigenvalue weighted by molar-refractivity contribution is 5.87. The number of ether oxygens (including phenoxy) is 2. The molecule has 3 unspecified atom stereocenters. The van der Waals surface area contributed by atoms with Crippen LogP contribution in [0.25, 0.3) is 0 Å². The van der Waals surface area contributed by atoms with E-state index in [1.54, 1.807) is 0 Å². The van der Waals surface area contributed by atoms with Gasteiger partial charge in [0.1, 0.15) is 18.2 Å². The predicted octanol–water partition coefficient (Wildman–Crippen LogP) is 3.05. The Morgan fingerprint density at radius 1 is 1.13 bits per heavy atom. The summed E-state index contributed by atoms with van der Waals surface area (Å²) in [6.07, 6.45) is 7.83. The maximum atomic E-state index is 12.6. The van der Waals surface area contributed by atoms with E-state index in [-0.39, 0.29) is 24.0 Å². The summed E-state index contributed by atoms with van der Waals surface area (Å²) in [7, 11) is 0. The number of carbonyl (C=O) groups is 2. The van der Waals surface area contributed by atoms with Crippen molar-refractivity contribution in [1.29, 1.82) is 0 Å². The molecule has 2 aromatic rings. The van der Waals surface area contributed by atoms with Crippen LogP contribution in [0.15, 0.2) is 30.7 Å². The Kier molecular flexibility index (Phi) is 7.92. The number of aromatic amines is 1. The number of fused-ring (bicyclic) bond motifs is 1. The van der Waals surface area contributed by atoms with E-state index in [4.69, 9.17) is 9.47 Å². The first-order chi connectivity index (χ1) is 15.0. The maximum Gasteiger partial charge on any atom is 0.248 e. The zero-order valence-electron chi connectivity index (χ0n) is 18.4. The molecule has 2 heterocycles. The molecule has 1 aliphatic rings. The van der Waals surface area contributed by atoms with Crippen molar-refractivity contribution in [2.45, 2.75) is 71.1 Å². The number of hydrogen-bond donors (Lipinski definition) is 3. The quantitative estimate of drug-likeness (QED) is 0.539. The van der Waals surface area contributed by atoms with Crippen LogP contribution in [0.3, 0.4) is 0 Å². The van der Waals surface area contributed by atoms with E-state index >= 15 is 0 Å². The monoisotopic (exact) mass is 428 g/mol. The van der Waals surface area contributed by atoms with Gasteiger partial charge in [-0.1, -0.05) is 32.8 Å². The normalized spacial score (nSPS) is 18.3. The first kappa shape index (κ1) is 22.7. The van der Waals surface area contributed by atoms with E-state index < -0.39 is 6.04 Å². The van der Waals surface area contributed by atoms with Crippen LogP contribution >= 0.6 is 0 Å². The van der Waals surface area contributed by atoms with Gasteiger partial charge in [-0.2, -0.15) is 0 Å².